The zero-order valence-corrected chi connectivity index (χ0v) is 41.0. The van der Waals surface area contributed by atoms with Gasteiger partial charge in [-0.2, -0.15) is 0 Å². The first-order valence-corrected chi connectivity index (χ1v) is 26.6. The van der Waals surface area contributed by atoms with Crippen molar-refractivity contribution in [2.75, 3.05) is 6.61 Å². The van der Waals surface area contributed by atoms with Gasteiger partial charge in [0.15, 0.2) is 6.29 Å². The first-order chi connectivity index (χ1) is 29.8. The Hall–Kier alpha value is -1.25. The summed E-state index contributed by atoms with van der Waals surface area (Å²) in [6.45, 7) is 17.0. The average molecular weight is 869 g/mol. The van der Waals surface area contributed by atoms with E-state index in [0.29, 0.717) is 17.8 Å². The fourth-order valence-electron chi connectivity index (χ4n) is 13.3. The summed E-state index contributed by atoms with van der Waals surface area (Å²) in [6, 6.07) is 0. The van der Waals surface area contributed by atoms with Gasteiger partial charge >= 0.3 is 5.97 Å². The van der Waals surface area contributed by atoms with Gasteiger partial charge in [0, 0.05) is 6.42 Å². The maximum atomic E-state index is 12.7. The number of unbranched alkanes of at least 4 members (excludes halogenated alkanes) is 14. The van der Waals surface area contributed by atoms with E-state index in [9.17, 15) is 20.1 Å². The molecule has 4 fully saturated rings. The van der Waals surface area contributed by atoms with Crippen LogP contribution in [0.1, 0.15) is 222 Å². The van der Waals surface area contributed by atoms with Crippen LogP contribution >= 0.6 is 0 Å². The van der Waals surface area contributed by atoms with Crippen LogP contribution in [-0.4, -0.2) is 64.7 Å². The minimum absolute atomic E-state index is 0.142. The summed E-state index contributed by atoms with van der Waals surface area (Å²) in [4.78, 5) is 12.7. The molecule has 3 saturated carbocycles. The van der Waals surface area contributed by atoms with Gasteiger partial charge < -0.3 is 29.5 Å². The predicted octanol–water partition coefficient (Wildman–Crippen LogP) is 13.2. The van der Waals surface area contributed by atoms with Gasteiger partial charge in [0.25, 0.3) is 0 Å². The maximum Gasteiger partial charge on any atom is 0.305 e. The van der Waals surface area contributed by atoms with Crippen LogP contribution in [-0.2, 0) is 19.0 Å². The molecule has 0 aromatic rings. The fourth-order valence-corrected chi connectivity index (χ4v) is 13.3. The number of ether oxygens (including phenoxy) is 3. The maximum absolute atomic E-state index is 12.7. The molecule has 14 atom stereocenters. The number of aliphatic hydroxyl groups excluding tert-OH is 3. The van der Waals surface area contributed by atoms with E-state index in [1.54, 1.807) is 0 Å². The molecule has 14 unspecified atom stereocenters. The normalized spacial score (nSPS) is 35.6. The summed E-state index contributed by atoms with van der Waals surface area (Å²) < 4.78 is 18.1. The molecule has 5 aliphatic rings. The number of carbonyl (C=O) groups excluding carboxylic acids is 1. The third kappa shape index (κ3) is 13.9. The van der Waals surface area contributed by atoms with E-state index in [1.165, 1.54) is 128 Å². The molecule has 0 bridgehead atoms. The van der Waals surface area contributed by atoms with Crippen LogP contribution in [0.25, 0.3) is 0 Å². The lowest BCUT2D eigenvalue weighted by Crippen LogP contribution is -2.60. The highest BCUT2D eigenvalue weighted by Gasteiger charge is 2.59. The van der Waals surface area contributed by atoms with Crippen LogP contribution in [0.3, 0.4) is 0 Å². The van der Waals surface area contributed by atoms with Crippen LogP contribution in [0.2, 0.25) is 0 Å². The van der Waals surface area contributed by atoms with Crippen LogP contribution < -0.4 is 0 Å². The van der Waals surface area contributed by atoms with E-state index in [4.69, 9.17) is 14.2 Å². The Bertz CT molecular complexity index is 1360. The molecule has 0 aromatic heterocycles. The molecule has 0 amide bonds. The van der Waals surface area contributed by atoms with Gasteiger partial charge in [-0.3, -0.25) is 4.79 Å². The molecular formula is C55H96O7. The Morgan fingerprint density at radius 3 is 2.08 bits per heavy atom. The molecule has 4 aliphatic carbocycles. The van der Waals surface area contributed by atoms with Crippen molar-refractivity contribution in [2.45, 2.75) is 259 Å². The Morgan fingerprint density at radius 2 is 1.42 bits per heavy atom. The summed E-state index contributed by atoms with van der Waals surface area (Å²) in [5.74, 6) is 5.15. The van der Waals surface area contributed by atoms with Gasteiger partial charge in [-0.15, -0.1) is 0 Å². The van der Waals surface area contributed by atoms with Crippen molar-refractivity contribution < 1.29 is 34.3 Å². The monoisotopic (exact) mass is 869 g/mol. The molecular weight excluding hydrogens is 773 g/mol. The van der Waals surface area contributed by atoms with Crippen molar-refractivity contribution >= 4 is 5.97 Å². The number of rotatable bonds is 27. The van der Waals surface area contributed by atoms with Crippen LogP contribution in [0.4, 0.5) is 0 Å². The Morgan fingerprint density at radius 1 is 0.774 bits per heavy atom. The second kappa shape index (κ2) is 25.6. The van der Waals surface area contributed by atoms with Crippen LogP contribution in [0.5, 0.6) is 0 Å². The predicted molar refractivity (Wildman–Crippen MR) is 253 cm³/mol. The molecule has 0 spiro atoms. The number of hydrogen-bond acceptors (Lipinski definition) is 7. The largest absolute Gasteiger partial charge is 0.463 e. The highest BCUT2D eigenvalue weighted by Crippen LogP contribution is 2.67. The van der Waals surface area contributed by atoms with Gasteiger partial charge in [-0.1, -0.05) is 156 Å². The summed E-state index contributed by atoms with van der Waals surface area (Å²) in [5.41, 5.74) is 2.12. The SMILES string of the molecule is CCCCCCCCC/C=C\CCCCCCCCCC(=O)OCC1OC(OC2CCC3(C)C(=CCC4C3CCC3(C)C(C(C)CCC(C)C(C)C)CCC43)C2)C(O)C(O)C1O. The minimum Gasteiger partial charge on any atom is -0.463 e. The average Bonchev–Trinajstić information content (AvgIpc) is 3.62. The fraction of sp³-hybridized carbons (Fsp3) is 0.909. The van der Waals surface area contributed by atoms with Crippen LogP contribution in [0.15, 0.2) is 23.8 Å². The first kappa shape index (κ1) is 51.7. The Balaban J connectivity index is 0.976. The molecule has 1 saturated heterocycles. The van der Waals surface area contributed by atoms with Crippen molar-refractivity contribution in [3.05, 3.63) is 23.8 Å². The van der Waals surface area contributed by atoms with E-state index >= 15 is 0 Å². The Labute approximate surface area is 380 Å². The third-order valence-electron chi connectivity index (χ3n) is 17.8. The standard InChI is InChI=1S/C55H96O7/c1-8-9-10-11-12-13-14-15-16-17-18-19-20-21-22-23-24-25-26-49(56)60-38-48-50(57)51(58)52(59)53(62-48)61-43-33-35-54(6)42(37-43)29-30-44-46-32-31-45(55(46,7)36-34-47(44)54)41(5)28-27-40(4)39(2)3/h16-17,29,39-41,43-48,50-53,57-59H,8-15,18-28,30-38H2,1-7H3/b17-16-. The van der Waals surface area contributed by atoms with Crippen LogP contribution in [0, 0.1) is 52.3 Å². The van der Waals surface area contributed by atoms with Gasteiger partial charge in [0.2, 0.25) is 0 Å². The van der Waals surface area contributed by atoms with E-state index < -0.39 is 30.7 Å². The lowest BCUT2D eigenvalue weighted by molar-refractivity contribution is -0.313. The van der Waals surface area contributed by atoms with E-state index in [2.05, 4.69) is 66.7 Å². The van der Waals surface area contributed by atoms with Crippen molar-refractivity contribution in [2.24, 2.45) is 52.3 Å². The van der Waals surface area contributed by atoms with Crippen molar-refractivity contribution in [1.82, 2.24) is 0 Å². The van der Waals surface area contributed by atoms with E-state index in [1.807, 2.05) is 0 Å². The lowest BCUT2D eigenvalue weighted by Gasteiger charge is -2.58. The lowest BCUT2D eigenvalue weighted by atomic mass is 9.47. The molecule has 62 heavy (non-hydrogen) atoms. The van der Waals surface area contributed by atoms with E-state index in [0.717, 1.165) is 80.5 Å². The first-order valence-electron chi connectivity index (χ1n) is 26.6. The second-order valence-electron chi connectivity index (χ2n) is 22.4. The number of carbonyl (C=O) groups is 1. The minimum atomic E-state index is -1.44. The molecule has 5 rings (SSSR count). The van der Waals surface area contributed by atoms with E-state index in [-0.39, 0.29) is 24.1 Å². The molecule has 0 aromatic carbocycles. The van der Waals surface area contributed by atoms with Gasteiger partial charge in [-0.05, 0) is 136 Å². The summed E-state index contributed by atoms with van der Waals surface area (Å²) in [7, 11) is 0. The molecule has 1 aliphatic heterocycles. The van der Waals surface area contributed by atoms with Crippen molar-refractivity contribution in [3.8, 4) is 0 Å². The number of allylic oxidation sites excluding steroid dienone is 3. The zero-order valence-electron chi connectivity index (χ0n) is 41.0. The van der Waals surface area contributed by atoms with Gasteiger partial charge in [0.1, 0.15) is 31.0 Å². The van der Waals surface area contributed by atoms with Crippen molar-refractivity contribution in [1.29, 1.82) is 0 Å². The highest BCUT2D eigenvalue weighted by molar-refractivity contribution is 5.69. The van der Waals surface area contributed by atoms with Crippen molar-refractivity contribution in [3.63, 3.8) is 0 Å². The smallest absolute Gasteiger partial charge is 0.305 e. The van der Waals surface area contributed by atoms with Gasteiger partial charge in [-0.25, -0.2) is 0 Å². The molecule has 358 valence electrons. The Kier molecular flexibility index (Phi) is 21.4. The quantitative estimate of drug-likeness (QED) is 0.0429. The number of esters is 1. The molecule has 1 heterocycles. The zero-order chi connectivity index (χ0) is 44.7. The summed E-state index contributed by atoms with van der Waals surface area (Å²) in [5, 5.41) is 32.6. The highest BCUT2D eigenvalue weighted by atomic mass is 16.7. The molecule has 0 radical (unpaired) electrons. The number of aliphatic hydroxyl groups is 3. The molecule has 7 nitrogen and oxygen atoms in total. The molecule has 3 N–H and O–H groups in total. The molecule has 7 heteroatoms. The summed E-state index contributed by atoms with van der Waals surface area (Å²) in [6.07, 6.45) is 33.1. The number of hydrogen-bond donors (Lipinski definition) is 3. The summed E-state index contributed by atoms with van der Waals surface area (Å²) >= 11 is 0. The number of fused-ring (bicyclic) bond motifs is 5. The third-order valence-corrected chi connectivity index (χ3v) is 17.8. The van der Waals surface area contributed by atoms with Gasteiger partial charge in [0.05, 0.1) is 6.10 Å². The topological polar surface area (TPSA) is 105 Å². The second-order valence-corrected chi connectivity index (χ2v) is 22.4.